The smallest absolute Gasteiger partial charge is 0.220 e. The normalized spacial score (nSPS) is 29.5. The summed E-state index contributed by atoms with van der Waals surface area (Å²) >= 11 is 0. The van der Waals surface area contributed by atoms with Crippen LogP contribution in [0.1, 0.15) is 25.3 Å². The molecule has 3 aliphatic rings. The third-order valence-electron chi connectivity index (χ3n) is 6.19. The van der Waals surface area contributed by atoms with E-state index in [2.05, 4.69) is 4.90 Å². The zero-order valence-electron chi connectivity index (χ0n) is 18.0. The molecule has 28 heavy (non-hydrogen) atoms. The first kappa shape index (κ1) is 17.6. The van der Waals surface area contributed by atoms with Crippen molar-refractivity contribution in [3.8, 4) is 17.2 Å². The van der Waals surface area contributed by atoms with E-state index in [9.17, 15) is 4.79 Å². The molecule has 1 fully saturated rings. The van der Waals surface area contributed by atoms with Crippen molar-refractivity contribution in [3.63, 3.8) is 0 Å². The Kier molecular flexibility index (Phi) is 4.31. The number of carbonyl (C=O) groups excluding carboxylic acids is 1. The van der Waals surface area contributed by atoms with Crippen LogP contribution in [0.4, 0.5) is 0 Å². The quantitative estimate of drug-likeness (QED) is 0.789. The number of allylic oxidation sites excluding steroid dienone is 2. The van der Waals surface area contributed by atoms with Gasteiger partial charge in [0.25, 0.3) is 0 Å². The largest absolute Gasteiger partial charge is 0.493 e. The summed E-state index contributed by atoms with van der Waals surface area (Å²) in [4.78, 5) is 14.9. The highest BCUT2D eigenvalue weighted by molar-refractivity contribution is 6.05. The number of ether oxygens (including phenoxy) is 4. The monoisotopic (exact) mass is 389 g/mol. The molecule has 0 radical (unpaired) electrons. The lowest BCUT2D eigenvalue weighted by Crippen LogP contribution is -2.49. The molecule has 1 unspecified atom stereocenters. The number of methoxy groups -OCH3 is 4. The first-order chi connectivity index (χ1) is 13.9. The topological polar surface area (TPSA) is 57.2 Å². The van der Waals surface area contributed by atoms with Crippen LogP contribution in [0.15, 0.2) is 29.6 Å². The fraction of sp³-hybridized carbons (Fsp3) is 0.500. The molecule has 150 valence electrons. The van der Waals surface area contributed by atoms with Gasteiger partial charge in [-0.1, -0.05) is 0 Å². The minimum Gasteiger partial charge on any atom is -0.493 e. The number of benzene rings is 1. The second kappa shape index (κ2) is 6.85. The Balaban J connectivity index is 2.12. The summed E-state index contributed by atoms with van der Waals surface area (Å²) in [6, 6.07) is 2.04. The molecule has 6 nitrogen and oxygen atoms in total. The molecular weight excluding hydrogens is 360 g/mol. The van der Waals surface area contributed by atoms with Gasteiger partial charge < -0.3 is 18.9 Å². The number of aryl methyl sites for hydroxylation is 1. The molecule has 0 N–H and O–H groups in total. The summed E-state index contributed by atoms with van der Waals surface area (Å²) in [7, 11) is 8.29. The average Bonchev–Trinajstić information content (AvgIpc) is 2.83. The SMILES string of the molecule is [3H][C@@H]1CN(C)[C@H]2[14CH2]Cc3cc(OC)c(OC)c(OC)c3C13C=C(OC)C(=O)C=C23. The van der Waals surface area contributed by atoms with E-state index in [1.54, 1.807) is 27.4 Å². The van der Waals surface area contributed by atoms with Gasteiger partial charge in [-0.25, -0.2) is 0 Å². The molecule has 3 atom stereocenters. The van der Waals surface area contributed by atoms with Crippen molar-refractivity contribution in [1.82, 2.24) is 4.90 Å². The number of rotatable bonds is 4. The van der Waals surface area contributed by atoms with Crippen LogP contribution >= 0.6 is 0 Å². The fourth-order valence-electron chi connectivity index (χ4n) is 4.90. The summed E-state index contributed by atoms with van der Waals surface area (Å²) in [5, 5.41) is 0. The maximum atomic E-state index is 12.7. The number of fused-ring (bicyclic) bond motifs is 1. The minimum atomic E-state index is -0.826. The summed E-state index contributed by atoms with van der Waals surface area (Å²) in [6.45, 7) is 0.570. The molecule has 1 aromatic rings. The highest BCUT2D eigenvalue weighted by Gasteiger charge is 2.51. The van der Waals surface area contributed by atoms with Crippen molar-refractivity contribution in [2.24, 2.45) is 0 Å². The van der Waals surface area contributed by atoms with Gasteiger partial charge in [0.2, 0.25) is 11.5 Å². The summed E-state index contributed by atoms with van der Waals surface area (Å²) in [5.74, 6) is 1.75. The summed E-state index contributed by atoms with van der Waals surface area (Å²) in [5.41, 5.74) is 2.03. The van der Waals surface area contributed by atoms with E-state index in [4.69, 9.17) is 20.3 Å². The number of carbonyl (C=O) groups is 1. The van der Waals surface area contributed by atoms with Gasteiger partial charge >= 0.3 is 0 Å². The van der Waals surface area contributed by atoms with Crippen LogP contribution in [0.5, 0.6) is 17.2 Å². The van der Waals surface area contributed by atoms with Crippen molar-refractivity contribution >= 4 is 5.78 Å². The molecule has 1 aliphatic heterocycles. The van der Waals surface area contributed by atoms with Crippen molar-refractivity contribution < 1.29 is 25.1 Å². The third kappa shape index (κ3) is 2.47. The van der Waals surface area contributed by atoms with Crippen LogP contribution in [-0.4, -0.2) is 58.8 Å². The first-order valence-corrected chi connectivity index (χ1v) is 9.40. The van der Waals surface area contributed by atoms with E-state index in [0.29, 0.717) is 23.8 Å². The van der Waals surface area contributed by atoms with Crippen molar-refractivity contribution in [1.29, 1.82) is 0 Å². The number of ketones is 1. The minimum absolute atomic E-state index is 0.0595. The van der Waals surface area contributed by atoms with Crippen molar-refractivity contribution in [3.05, 3.63) is 40.7 Å². The van der Waals surface area contributed by atoms with Crippen LogP contribution in [0, 0.1) is 0 Å². The lowest BCUT2D eigenvalue weighted by molar-refractivity contribution is -0.114. The second-order valence-corrected chi connectivity index (χ2v) is 7.42. The Bertz CT molecular complexity index is 924. The van der Waals surface area contributed by atoms with E-state index in [0.717, 1.165) is 29.5 Å². The number of likely N-dealkylation sites (N-methyl/N-ethyl adjacent to an activating group) is 1. The van der Waals surface area contributed by atoms with E-state index in [-0.39, 0.29) is 17.6 Å². The molecule has 2 aliphatic carbocycles. The summed E-state index contributed by atoms with van der Waals surface area (Å²) < 4.78 is 31.6. The third-order valence-corrected chi connectivity index (χ3v) is 6.19. The van der Waals surface area contributed by atoms with Crippen molar-refractivity contribution in [2.45, 2.75) is 30.7 Å². The molecular formula is C22H27NO5. The predicted octanol–water partition coefficient (Wildman–Crippen LogP) is 2.64. The van der Waals surface area contributed by atoms with Crippen LogP contribution in [0.25, 0.3) is 0 Å². The lowest BCUT2D eigenvalue weighted by atomic mass is 9.64. The number of likely N-dealkylation sites (tertiary alicyclic amines) is 1. The van der Waals surface area contributed by atoms with E-state index >= 15 is 0 Å². The number of hydrogen-bond donors (Lipinski definition) is 0. The Morgan fingerprint density at radius 1 is 1.18 bits per heavy atom. The fourth-order valence-corrected chi connectivity index (χ4v) is 4.90. The van der Waals surface area contributed by atoms with Gasteiger partial charge in [0.15, 0.2) is 17.3 Å². The van der Waals surface area contributed by atoms with Crippen LogP contribution < -0.4 is 14.2 Å². The lowest BCUT2D eigenvalue weighted by Gasteiger charge is -2.47. The highest BCUT2D eigenvalue weighted by Crippen LogP contribution is 2.56. The van der Waals surface area contributed by atoms with Crippen LogP contribution in [0.2, 0.25) is 0 Å². The maximum absolute atomic E-state index is 12.7. The number of nitrogens with zero attached hydrogens (tertiary/aromatic N) is 1. The molecule has 1 heterocycles. The zero-order valence-corrected chi connectivity index (χ0v) is 17.0. The molecule has 1 aromatic carbocycles. The Hall–Kier alpha value is -2.47. The van der Waals surface area contributed by atoms with Gasteiger partial charge in [0.05, 0.1) is 28.4 Å². The standard InChI is InChI=1S/C22H27NO5/c1-23-9-8-22-12-18(26-3)16(24)11-14(22)15(23)7-6-13-10-17(25-2)20(27-4)21(28-5)19(13)22/h10-12,15H,6-9H2,1-5H3/t15-,22?/m0/s1/i7+2,8T/t8-,15+,22?/m1. The molecule has 1 saturated heterocycles. The van der Waals surface area contributed by atoms with Crippen LogP contribution in [0.3, 0.4) is 0 Å². The van der Waals surface area contributed by atoms with E-state index in [1.165, 1.54) is 7.11 Å². The Labute approximate surface area is 167 Å². The zero-order chi connectivity index (χ0) is 20.9. The van der Waals surface area contributed by atoms with Gasteiger partial charge in [-0.2, -0.15) is 0 Å². The predicted molar refractivity (Wildman–Crippen MR) is 105 cm³/mol. The van der Waals surface area contributed by atoms with E-state index in [1.807, 2.05) is 19.2 Å². The van der Waals surface area contributed by atoms with Crippen LogP contribution in [-0.2, 0) is 21.4 Å². The highest BCUT2D eigenvalue weighted by atomic mass is 16.5. The number of piperidine rings is 1. The molecule has 2 bridgehead atoms. The molecule has 0 saturated carbocycles. The van der Waals surface area contributed by atoms with Gasteiger partial charge in [0.1, 0.15) is 0 Å². The van der Waals surface area contributed by atoms with Crippen molar-refractivity contribution in [2.75, 3.05) is 42.0 Å². The second-order valence-electron chi connectivity index (χ2n) is 7.42. The van der Waals surface area contributed by atoms with Gasteiger partial charge in [-0.05, 0) is 62.2 Å². The first-order valence-electron chi connectivity index (χ1n) is 9.98. The number of hydrogen-bond acceptors (Lipinski definition) is 6. The molecule has 0 amide bonds. The Morgan fingerprint density at radius 3 is 2.57 bits per heavy atom. The molecule has 0 spiro atoms. The van der Waals surface area contributed by atoms with E-state index < -0.39 is 11.8 Å². The Morgan fingerprint density at radius 2 is 1.93 bits per heavy atom. The molecule has 0 aromatic heterocycles. The maximum Gasteiger partial charge on any atom is 0.220 e. The molecule has 6 heteroatoms. The van der Waals surface area contributed by atoms with Gasteiger partial charge in [-0.3, -0.25) is 9.69 Å². The molecule has 4 rings (SSSR count). The van der Waals surface area contributed by atoms with Gasteiger partial charge in [-0.15, -0.1) is 0 Å². The summed E-state index contributed by atoms with van der Waals surface area (Å²) in [6.07, 6.45) is 4.58. The average molecular weight is 389 g/mol. The van der Waals surface area contributed by atoms with Gasteiger partial charge in [0, 0.05) is 18.4 Å².